The largest absolute Gasteiger partial charge is 0.396 e. The van der Waals surface area contributed by atoms with E-state index in [1.807, 2.05) is 6.07 Å². The highest BCUT2D eigenvalue weighted by atomic mass is 32.1. The first-order chi connectivity index (χ1) is 9.93. The molecule has 0 fully saturated rings. The molecule has 0 aliphatic heterocycles. The smallest absolute Gasteiger partial charge is 0.0982 e. The molecule has 2 N–H and O–H groups in total. The van der Waals surface area contributed by atoms with Crippen LogP contribution in [0.4, 0.5) is 0 Å². The van der Waals surface area contributed by atoms with E-state index in [0.717, 1.165) is 18.5 Å². The van der Waals surface area contributed by atoms with Gasteiger partial charge in [-0.1, -0.05) is 32.9 Å². The number of aliphatic hydroxyl groups excluding tert-OH is 1. The van der Waals surface area contributed by atoms with Gasteiger partial charge in [0, 0.05) is 25.1 Å². The fraction of sp³-hybridized carbons (Fsp3) is 0.588. The summed E-state index contributed by atoms with van der Waals surface area (Å²) in [5.41, 5.74) is 1.22. The van der Waals surface area contributed by atoms with Gasteiger partial charge < -0.3 is 10.4 Å². The second-order valence-corrected chi connectivity index (χ2v) is 7.68. The maximum Gasteiger partial charge on any atom is 0.0982 e. The molecule has 0 saturated heterocycles. The Morgan fingerprint density at radius 2 is 2.00 bits per heavy atom. The molecule has 0 amide bonds. The summed E-state index contributed by atoms with van der Waals surface area (Å²) in [5.74, 6) is 0.382. The number of rotatable bonds is 7. The van der Waals surface area contributed by atoms with Gasteiger partial charge in [0.1, 0.15) is 0 Å². The molecular weight excluding hydrogens is 280 g/mol. The van der Waals surface area contributed by atoms with E-state index < -0.39 is 0 Å². The van der Waals surface area contributed by atoms with E-state index in [0.29, 0.717) is 12.0 Å². The van der Waals surface area contributed by atoms with Crippen LogP contribution in [0.5, 0.6) is 0 Å². The molecule has 0 radical (unpaired) electrons. The molecule has 1 aromatic carbocycles. The van der Waals surface area contributed by atoms with Gasteiger partial charge in [-0.15, -0.1) is 11.3 Å². The normalized spacial score (nSPS) is 15.3. The minimum atomic E-state index is 0.121. The highest BCUT2D eigenvalue weighted by Gasteiger charge is 2.22. The summed E-state index contributed by atoms with van der Waals surface area (Å²) < 4.78 is 1.26. The van der Waals surface area contributed by atoms with E-state index in [4.69, 9.17) is 10.1 Å². The van der Waals surface area contributed by atoms with Crippen LogP contribution in [-0.2, 0) is 0 Å². The lowest BCUT2D eigenvalue weighted by molar-refractivity contribution is 0.202. The summed E-state index contributed by atoms with van der Waals surface area (Å²) in [6, 6.07) is 8.67. The van der Waals surface area contributed by atoms with Crippen molar-refractivity contribution < 1.29 is 5.11 Å². The molecule has 1 heterocycles. The van der Waals surface area contributed by atoms with Crippen molar-refractivity contribution in [1.82, 2.24) is 10.3 Å². The van der Waals surface area contributed by atoms with Gasteiger partial charge in [0.2, 0.25) is 0 Å². The van der Waals surface area contributed by atoms with Crippen molar-refractivity contribution in [3.05, 3.63) is 29.3 Å². The predicted octanol–water partition coefficient (Wildman–Crippen LogP) is 3.79. The van der Waals surface area contributed by atoms with Crippen molar-refractivity contribution in [1.29, 1.82) is 0 Å². The molecule has 0 saturated carbocycles. The number of fused-ring (bicyclic) bond motifs is 1. The van der Waals surface area contributed by atoms with Crippen molar-refractivity contribution in [2.75, 3.05) is 13.2 Å². The Morgan fingerprint density at radius 3 is 2.67 bits per heavy atom. The lowest BCUT2D eigenvalue weighted by Crippen LogP contribution is -2.38. The fourth-order valence-electron chi connectivity index (χ4n) is 2.30. The summed E-state index contributed by atoms with van der Waals surface area (Å²) in [4.78, 5) is 4.75. The second kappa shape index (κ2) is 6.86. The zero-order valence-corrected chi connectivity index (χ0v) is 14.2. The molecule has 0 spiro atoms. The molecule has 3 nitrogen and oxygen atoms in total. The lowest BCUT2D eigenvalue weighted by atomic mass is 9.89. The molecule has 0 aliphatic rings. The Hall–Kier alpha value is -0.970. The van der Waals surface area contributed by atoms with Crippen molar-refractivity contribution in [3.63, 3.8) is 0 Å². The highest BCUT2D eigenvalue weighted by molar-refractivity contribution is 7.18. The minimum absolute atomic E-state index is 0.121. The number of hydrogen-bond donors (Lipinski definition) is 2. The minimum Gasteiger partial charge on any atom is -0.396 e. The zero-order valence-electron chi connectivity index (χ0n) is 13.4. The van der Waals surface area contributed by atoms with E-state index in [2.05, 4.69) is 51.2 Å². The number of thiazole rings is 1. The predicted molar refractivity (Wildman–Crippen MR) is 91.0 cm³/mol. The number of nitrogens with one attached hydrogen (secondary N) is 1. The summed E-state index contributed by atoms with van der Waals surface area (Å²) >= 11 is 1.79. The third kappa shape index (κ3) is 4.25. The Balaban J connectivity index is 2.00. The van der Waals surface area contributed by atoms with Gasteiger partial charge >= 0.3 is 0 Å². The Morgan fingerprint density at radius 1 is 1.29 bits per heavy atom. The third-order valence-electron chi connectivity index (χ3n) is 4.14. The van der Waals surface area contributed by atoms with Gasteiger partial charge in [-0.3, -0.25) is 0 Å². The van der Waals surface area contributed by atoms with E-state index in [9.17, 15) is 0 Å². The zero-order chi connectivity index (χ0) is 15.5. The average Bonchev–Trinajstić information content (AvgIpc) is 2.87. The van der Waals surface area contributed by atoms with Crippen LogP contribution >= 0.6 is 11.3 Å². The van der Waals surface area contributed by atoms with Crippen LogP contribution in [0, 0.1) is 5.41 Å². The van der Waals surface area contributed by atoms with Gasteiger partial charge in [0.05, 0.1) is 15.2 Å². The standard InChI is InChI=1S/C17H26N2OS/c1-12(13(2)18-11-17(3,4)9-10-20)16-19-14-7-5-6-8-15(14)21-16/h5-8,12-13,18,20H,9-11H2,1-4H3. The van der Waals surface area contributed by atoms with Gasteiger partial charge in [-0.05, 0) is 30.9 Å². The number of aliphatic hydroxyl groups is 1. The van der Waals surface area contributed by atoms with Crippen LogP contribution in [-0.4, -0.2) is 29.3 Å². The van der Waals surface area contributed by atoms with Crippen molar-refractivity contribution in [2.45, 2.75) is 46.1 Å². The molecule has 0 aliphatic carbocycles. The molecule has 4 heteroatoms. The van der Waals surface area contributed by atoms with E-state index in [-0.39, 0.29) is 12.0 Å². The number of aromatic nitrogens is 1. The highest BCUT2D eigenvalue weighted by Crippen LogP contribution is 2.29. The molecule has 2 atom stereocenters. The van der Waals surface area contributed by atoms with Crippen LogP contribution in [0.1, 0.15) is 45.0 Å². The molecular formula is C17H26N2OS. The molecule has 116 valence electrons. The van der Waals surface area contributed by atoms with Crippen molar-refractivity contribution in [3.8, 4) is 0 Å². The molecule has 2 rings (SSSR count). The summed E-state index contributed by atoms with van der Waals surface area (Å²) in [6.07, 6.45) is 0.822. The first kappa shape index (κ1) is 16.4. The number of para-hydroxylation sites is 1. The molecule has 21 heavy (non-hydrogen) atoms. The monoisotopic (exact) mass is 306 g/mol. The van der Waals surface area contributed by atoms with Gasteiger partial charge in [0.15, 0.2) is 0 Å². The molecule has 0 bridgehead atoms. The first-order valence-electron chi connectivity index (χ1n) is 7.63. The lowest BCUT2D eigenvalue weighted by Gasteiger charge is -2.28. The average molecular weight is 306 g/mol. The third-order valence-corrected chi connectivity index (χ3v) is 5.38. The van der Waals surface area contributed by atoms with Gasteiger partial charge in [0.25, 0.3) is 0 Å². The summed E-state index contributed by atoms with van der Waals surface area (Å²) in [5, 5.41) is 13.9. The van der Waals surface area contributed by atoms with E-state index >= 15 is 0 Å². The van der Waals surface area contributed by atoms with Crippen LogP contribution in [0.25, 0.3) is 10.2 Å². The summed E-state index contributed by atoms with van der Waals surface area (Å²) in [6.45, 7) is 9.97. The maximum absolute atomic E-state index is 9.10. The second-order valence-electron chi connectivity index (χ2n) is 6.62. The van der Waals surface area contributed by atoms with Crippen LogP contribution < -0.4 is 5.32 Å². The maximum atomic E-state index is 9.10. The molecule has 1 aromatic heterocycles. The molecule has 2 unspecified atom stereocenters. The van der Waals surface area contributed by atoms with E-state index in [1.54, 1.807) is 11.3 Å². The Kier molecular flexibility index (Phi) is 5.36. The fourth-order valence-corrected chi connectivity index (χ4v) is 3.43. The van der Waals surface area contributed by atoms with Gasteiger partial charge in [-0.25, -0.2) is 4.98 Å². The van der Waals surface area contributed by atoms with Gasteiger partial charge in [-0.2, -0.15) is 0 Å². The summed E-state index contributed by atoms with van der Waals surface area (Å²) in [7, 11) is 0. The Labute approximate surface area is 131 Å². The van der Waals surface area contributed by atoms with Crippen LogP contribution in [0.15, 0.2) is 24.3 Å². The SMILES string of the molecule is CC(NCC(C)(C)CCO)C(C)c1nc2ccccc2s1. The Bertz CT molecular complexity index is 546. The molecule has 2 aromatic rings. The van der Waals surface area contributed by atoms with Crippen LogP contribution in [0.3, 0.4) is 0 Å². The van der Waals surface area contributed by atoms with Crippen LogP contribution in [0.2, 0.25) is 0 Å². The number of benzene rings is 1. The van der Waals surface area contributed by atoms with E-state index in [1.165, 1.54) is 9.71 Å². The van der Waals surface area contributed by atoms with Crippen molar-refractivity contribution in [2.24, 2.45) is 5.41 Å². The number of nitrogens with zero attached hydrogens (tertiary/aromatic N) is 1. The first-order valence-corrected chi connectivity index (χ1v) is 8.44. The number of hydrogen-bond acceptors (Lipinski definition) is 4. The topological polar surface area (TPSA) is 45.1 Å². The van der Waals surface area contributed by atoms with Crippen molar-refractivity contribution >= 4 is 21.6 Å². The quantitative estimate of drug-likeness (QED) is 0.818.